The molecular formula is C12H13N3O4S. The maximum absolute atomic E-state index is 12.4. The predicted molar refractivity (Wildman–Crippen MR) is 72.0 cm³/mol. The van der Waals surface area contributed by atoms with E-state index in [4.69, 9.17) is 0 Å². The Morgan fingerprint density at radius 3 is 2.65 bits per heavy atom. The van der Waals surface area contributed by atoms with Crippen molar-refractivity contribution in [2.45, 2.75) is 5.03 Å². The van der Waals surface area contributed by atoms with Gasteiger partial charge in [-0.15, -0.1) is 0 Å². The van der Waals surface area contributed by atoms with Crippen LogP contribution in [-0.2, 0) is 14.8 Å². The molecule has 20 heavy (non-hydrogen) atoms. The van der Waals surface area contributed by atoms with E-state index in [0.29, 0.717) is 0 Å². The van der Waals surface area contributed by atoms with Gasteiger partial charge in [0.2, 0.25) is 0 Å². The lowest BCUT2D eigenvalue weighted by atomic mass is 10.2. The van der Waals surface area contributed by atoms with Crippen molar-refractivity contribution in [2.75, 3.05) is 18.5 Å². The van der Waals surface area contributed by atoms with Gasteiger partial charge in [-0.2, -0.15) is 8.42 Å². The lowest BCUT2D eigenvalue weighted by molar-refractivity contribution is 0.0601. The second-order valence-corrected chi connectivity index (χ2v) is 5.83. The Balaban J connectivity index is 2.50. The highest BCUT2D eigenvalue weighted by Gasteiger charge is 2.26. The quantitative estimate of drug-likeness (QED) is 0.850. The number of aromatic nitrogens is 2. The number of H-pyrrole nitrogens is 1. The number of nitrogens with one attached hydrogen (secondary N) is 1. The van der Waals surface area contributed by atoms with E-state index in [9.17, 15) is 13.2 Å². The van der Waals surface area contributed by atoms with Gasteiger partial charge in [0.1, 0.15) is 0 Å². The van der Waals surface area contributed by atoms with Gasteiger partial charge in [-0.05, 0) is 12.1 Å². The first-order valence-electron chi connectivity index (χ1n) is 5.63. The standard InChI is InChI=1S/C12H13N3O4S/c1-15(20(17,18)11-7-13-8-14-11)10-6-4-3-5-9(10)12(16)19-2/h3-8H,1-2H3,(H,13,14). The first-order chi connectivity index (χ1) is 9.48. The number of imidazole rings is 1. The Morgan fingerprint density at radius 1 is 1.35 bits per heavy atom. The number of methoxy groups -OCH3 is 1. The highest BCUT2D eigenvalue weighted by atomic mass is 32.2. The number of hydrogen-bond donors (Lipinski definition) is 1. The first-order valence-corrected chi connectivity index (χ1v) is 7.07. The summed E-state index contributed by atoms with van der Waals surface area (Å²) in [4.78, 5) is 17.9. The molecule has 1 heterocycles. The second-order valence-electron chi connectivity index (χ2n) is 3.90. The largest absolute Gasteiger partial charge is 0.465 e. The van der Waals surface area contributed by atoms with E-state index in [-0.39, 0.29) is 16.3 Å². The number of ether oxygens (including phenoxy) is 1. The topological polar surface area (TPSA) is 92.4 Å². The van der Waals surface area contributed by atoms with Gasteiger partial charge in [0, 0.05) is 7.05 Å². The van der Waals surface area contributed by atoms with Gasteiger partial charge in [0.15, 0.2) is 5.03 Å². The number of nitrogens with zero attached hydrogens (tertiary/aromatic N) is 2. The first kappa shape index (κ1) is 14.1. The van der Waals surface area contributed by atoms with Crippen LogP contribution in [0.25, 0.3) is 0 Å². The van der Waals surface area contributed by atoms with Crippen molar-refractivity contribution < 1.29 is 17.9 Å². The van der Waals surface area contributed by atoms with Crippen LogP contribution in [0.1, 0.15) is 10.4 Å². The molecule has 0 unspecified atom stereocenters. The summed E-state index contributed by atoms with van der Waals surface area (Å²) in [6.45, 7) is 0. The number of para-hydroxylation sites is 1. The third-order valence-corrected chi connectivity index (χ3v) is 4.46. The third kappa shape index (κ3) is 2.37. The van der Waals surface area contributed by atoms with Crippen molar-refractivity contribution in [3.05, 3.63) is 42.4 Å². The number of benzene rings is 1. The van der Waals surface area contributed by atoms with Crippen molar-refractivity contribution in [1.82, 2.24) is 9.97 Å². The Kier molecular flexibility index (Phi) is 3.75. The molecule has 0 aliphatic heterocycles. The van der Waals surface area contributed by atoms with Crippen LogP contribution >= 0.6 is 0 Å². The predicted octanol–water partition coefficient (Wildman–Crippen LogP) is 1.02. The molecule has 7 nitrogen and oxygen atoms in total. The van der Waals surface area contributed by atoms with Crippen LogP contribution in [0, 0.1) is 0 Å². The van der Waals surface area contributed by atoms with Crippen LogP contribution in [0.5, 0.6) is 0 Å². The maximum Gasteiger partial charge on any atom is 0.340 e. The summed E-state index contributed by atoms with van der Waals surface area (Å²) in [6, 6.07) is 6.30. The lowest BCUT2D eigenvalue weighted by Gasteiger charge is -2.20. The van der Waals surface area contributed by atoms with Crippen LogP contribution < -0.4 is 4.31 Å². The molecule has 8 heteroatoms. The van der Waals surface area contributed by atoms with Crippen LogP contribution in [0.4, 0.5) is 5.69 Å². The Morgan fingerprint density at radius 2 is 2.05 bits per heavy atom. The zero-order chi connectivity index (χ0) is 14.8. The average molecular weight is 295 g/mol. The molecule has 1 N–H and O–H groups in total. The molecule has 0 aliphatic carbocycles. The van der Waals surface area contributed by atoms with Gasteiger partial charge >= 0.3 is 5.97 Å². The molecule has 2 rings (SSSR count). The molecule has 0 saturated carbocycles. The summed E-state index contributed by atoms with van der Waals surface area (Å²) < 4.78 is 30.4. The fourth-order valence-electron chi connectivity index (χ4n) is 1.69. The molecule has 0 spiro atoms. The number of carbonyl (C=O) groups excluding carboxylic acids is 1. The third-order valence-electron chi connectivity index (χ3n) is 2.76. The van der Waals surface area contributed by atoms with Crippen molar-refractivity contribution in [2.24, 2.45) is 0 Å². The molecule has 0 saturated heterocycles. The number of esters is 1. The average Bonchev–Trinajstić information content (AvgIpc) is 3.00. The SMILES string of the molecule is COC(=O)c1ccccc1N(C)S(=O)(=O)c1cnc[nH]1. The number of carbonyl (C=O) groups is 1. The van der Waals surface area contributed by atoms with Gasteiger partial charge in [0.25, 0.3) is 10.0 Å². The summed E-state index contributed by atoms with van der Waals surface area (Å²) in [5, 5.41) is -0.0559. The minimum atomic E-state index is -3.81. The number of anilines is 1. The number of rotatable bonds is 4. The molecule has 0 aliphatic rings. The Labute approximate surface area is 116 Å². The van der Waals surface area contributed by atoms with Crippen molar-refractivity contribution in [1.29, 1.82) is 0 Å². The molecule has 0 radical (unpaired) electrons. The normalized spacial score (nSPS) is 11.1. The smallest absolute Gasteiger partial charge is 0.340 e. The van der Waals surface area contributed by atoms with Crippen molar-refractivity contribution in [3.63, 3.8) is 0 Å². The molecule has 1 aromatic heterocycles. The minimum Gasteiger partial charge on any atom is -0.465 e. The van der Waals surface area contributed by atoms with Crippen LogP contribution in [0.3, 0.4) is 0 Å². The molecule has 0 atom stereocenters. The summed E-state index contributed by atoms with van der Waals surface area (Å²) in [6.07, 6.45) is 2.47. The van der Waals surface area contributed by atoms with E-state index in [2.05, 4.69) is 14.7 Å². The number of hydrogen-bond acceptors (Lipinski definition) is 5. The zero-order valence-corrected chi connectivity index (χ0v) is 11.7. The van der Waals surface area contributed by atoms with E-state index in [1.54, 1.807) is 12.1 Å². The van der Waals surface area contributed by atoms with Gasteiger partial charge in [0.05, 0.1) is 30.9 Å². The summed E-state index contributed by atoms with van der Waals surface area (Å²) >= 11 is 0. The van der Waals surface area contributed by atoms with Crippen LogP contribution in [-0.4, -0.2) is 38.5 Å². The van der Waals surface area contributed by atoms with Crippen LogP contribution in [0.2, 0.25) is 0 Å². The fraction of sp³-hybridized carbons (Fsp3) is 0.167. The summed E-state index contributed by atoms with van der Waals surface area (Å²) in [5.41, 5.74) is 0.398. The van der Waals surface area contributed by atoms with Crippen LogP contribution in [0.15, 0.2) is 41.8 Å². The van der Waals surface area contributed by atoms with Crippen molar-refractivity contribution in [3.8, 4) is 0 Å². The molecule has 0 amide bonds. The molecule has 106 valence electrons. The van der Waals surface area contributed by atoms with E-state index >= 15 is 0 Å². The monoisotopic (exact) mass is 295 g/mol. The zero-order valence-electron chi connectivity index (χ0n) is 10.9. The number of aromatic amines is 1. The second kappa shape index (κ2) is 5.33. The fourth-order valence-corrected chi connectivity index (χ4v) is 2.80. The highest BCUT2D eigenvalue weighted by Crippen LogP contribution is 2.25. The van der Waals surface area contributed by atoms with Gasteiger partial charge in [-0.3, -0.25) is 4.31 Å². The van der Waals surface area contributed by atoms with E-state index in [0.717, 1.165) is 4.31 Å². The van der Waals surface area contributed by atoms with Gasteiger partial charge in [-0.1, -0.05) is 12.1 Å². The van der Waals surface area contributed by atoms with Gasteiger partial charge < -0.3 is 9.72 Å². The summed E-state index contributed by atoms with van der Waals surface area (Å²) in [7, 11) is -1.21. The Bertz CT molecular complexity index is 710. The molecule has 1 aromatic carbocycles. The summed E-state index contributed by atoms with van der Waals surface area (Å²) in [5.74, 6) is -0.604. The van der Waals surface area contributed by atoms with E-state index < -0.39 is 16.0 Å². The van der Waals surface area contributed by atoms with E-state index in [1.807, 2.05) is 0 Å². The minimum absolute atomic E-state index is 0.0559. The number of sulfonamides is 1. The van der Waals surface area contributed by atoms with Gasteiger partial charge in [-0.25, -0.2) is 9.78 Å². The van der Waals surface area contributed by atoms with Crippen molar-refractivity contribution >= 4 is 21.7 Å². The van der Waals surface area contributed by atoms with E-state index in [1.165, 1.54) is 38.8 Å². The lowest BCUT2D eigenvalue weighted by Crippen LogP contribution is -2.28. The molecule has 0 bridgehead atoms. The highest BCUT2D eigenvalue weighted by molar-refractivity contribution is 7.92. The molecule has 2 aromatic rings. The molecular weight excluding hydrogens is 282 g/mol. The Hall–Kier alpha value is -2.35. The maximum atomic E-state index is 12.4. The molecule has 0 fully saturated rings.